The van der Waals surface area contributed by atoms with Crippen LogP contribution in [0.25, 0.3) is 6.08 Å². The van der Waals surface area contributed by atoms with Crippen molar-refractivity contribution < 1.29 is 39.5 Å². The smallest absolute Gasteiger partial charge is 0.332 e. The number of hydrogen-bond donors (Lipinski definition) is 4. The predicted octanol–water partition coefficient (Wildman–Crippen LogP) is 2.43. The Labute approximate surface area is 159 Å². The van der Waals surface area contributed by atoms with E-state index < -0.39 is 23.8 Å². The molecule has 0 amide bonds. The van der Waals surface area contributed by atoms with Crippen LogP contribution in [0.2, 0.25) is 0 Å². The number of fused-ring (bicyclic) bond motifs is 1. The molecule has 0 fully saturated rings. The van der Waals surface area contributed by atoms with Gasteiger partial charge >= 0.3 is 11.9 Å². The van der Waals surface area contributed by atoms with Crippen molar-refractivity contribution in [1.82, 2.24) is 0 Å². The number of carbonyl (C=O) groups is 2. The highest BCUT2D eigenvalue weighted by atomic mass is 16.5. The van der Waals surface area contributed by atoms with E-state index in [-0.39, 0.29) is 28.6 Å². The molecule has 0 radical (unpaired) electrons. The van der Waals surface area contributed by atoms with Crippen molar-refractivity contribution >= 4 is 18.0 Å². The van der Waals surface area contributed by atoms with Gasteiger partial charge in [-0.15, -0.1) is 0 Å². The number of rotatable bonds is 5. The molecule has 2 aromatic rings. The van der Waals surface area contributed by atoms with E-state index in [1.165, 1.54) is 50.6 Å². The molecule has 4 N–H and O–H groups in total. The maximum atomic E-state index is 12.0. The van der Waals surface area contributed by atoms with Crippen LogP contribution in [0, 0.1) is 5.92 Å². The minimum atomic E-state index is -1.41. The van der Waals surface area contributed by atoms with Gasteiger partial charge in [0, 0.05) is 5.92 Å². The Morgan fingerprint density at radius 3 is 2.14 bits per heavy atom. The molecule has 8 nitrogen and oxygen atoms in total. The number of aromatic hydroxyl groups is 2. The van der Waals surface area contributed by atoms with Crippen molar-refractivity contribution in [2.24, 2.45) is 5.92 Å². The Bertz CT molecular complexity index is 992. The first kappa shape index (κ1) is 19.1. The number of hydrogen-bond acceptors (Lipinski definition) is 6. The molecule has 8 heteroatoms. The third kappa shape index (κ3) is 3.09. The summed E-state index contributed by atoms with van der Waals surface area (Å²) in [5.74, 6) is -5.12. The minimum Gasteiger partial charge on any atom is -0.504 e. The summed E-state index contributed by atoms with van der Waals surface area (Å²) >= 11 is 0. The van der Waals surface area contributed by atoms with E-state index in [1.807, 2.05) is 0 Å². The maximum Gasteiger partial charge on any atom is 0.332 e. The molecule has 1 aliphatic rings. The van der Waals surface area contributed by atoms with E-state index >= 15 is 0 Å². The molecule has 0 heterocycles. The van der Waals surface area contributed by atoms with Gasteiger partial charge in [0.1, 0.15) is 0 Å². The van der Waals surface area contributed by atoms with Crippen LogP contribution in [0.3, 0.4) is 0 Å². The molecule has 2 unspecified atom stereocenters. The van der Waals surface area contributed by atoms with Crippen LogP contribution >= 0.6 is 0 Å². The zero-order chi connectivity index (χ0) is 20.6. The van der Waals surface area contributed by atoms with Crippen LogP contribution in [-0.2, 0) is 9.59 Å². The van der Waals surface area contributed by atoms with Gasteiger partial charge in [0.2, 0.25) is 0 Å². The fourth-order valence-corrected chi connectivity index (χ4v) is 3.50. The average molecular weight is 386 g/mol. The topological polar surface area (TPSA) is 134 Å². The molecule has 0 spiro atoms. The molecular weight excluding hydrogens is 368 g/mol. The van der Waals surface area contributed by atoms with E-state index in [2.05, 4.69) is 0 Å². The number of benzene rings is 2. The number of phenols is 2. The molecular formula is C20H18O8. The zero-order valence-corrected chi connectivity index (χ0v) is 15.0. The summed E-state index contributed by atoms with van der Waals surface area (Å²) in [6.45, 7) is 0. The number of aliphatic carboxylic acids is 2. The number of ether oxygens (including phenoxy) is 2. The largest absolute Gasteiger partial charge is 0.504 e. The Morgan fingerprint density at radius 2 is 1.57 bits per heavy atom. The summed E-state index contributed by atoms with van der Waals surface area (Å²) < 4.78 is 10.2. The highest BCUT2D eigenvalue weighted by Gasteiger charge is 2.41. The highest BCUT2D eigenvalue weighted by Crippen LogP contribution is 2.47. The predicted molar refractivity (Wildman–Crippen MR) is 97.9 cm³/mol. The summed E-state index contributed by atoms with van der Waals surface area (Å²) in [5, 5.41) is 39.4. The van der Waals surface area contributed by atoms with Gasteiger partial charge in [0.15, 0.2) is 23.0 Å². The first-order chi connectivity index (χ1) is 13.3. The standard InChI is InChI=1S/C20H18O8/c1-27-15-6-9(3-4-13(15)21)17-11-8-14(22)16(28-2)7-10(11)5-12(19(23)24)18(17)20(25)26/h3-8,17-18,21-22H,1-2H3,(H,23,24)(H,25,26). The SMILES string of the molecule is COc1cc(C2c3cc(O)c(OC)cc3C=C(C(=O)O)C2C(=O)O)ccc1O. The summed E-state index contributed by atoms with van der Waals surface area (Å²) in [4.78, 5) is 23.8. The van der Waals surface area contributed by atoms with E-state index in [1.54, 1.807) is 0 Å². The monoisotopic (exact) mass is 386 g/mol. The van der Waals surface area contributed by atoms with Crippen LogP contribution in [0.5, 0.6) is 23.0 Å². The second-order valence-corrected chi connectivity index (χ2v) is 6.28. The highest BCUT2D eigenvalue weighted by molar-refractivity contribution is 6.00. The summed E-state index contributed by atoms with van der Waals surface area (Å²) in [5.41, 5.74) is 0.953. The fourth-order valence-electron chi connectivity index (χ4n) is 3.50. The van der Waals surface area contributed by atoms with Gasteiger partial charge < -0.3 is 29.9 Å². The summed E-state index contributed by atoms with van der Waals surface area (Å²) in [6.07, 6.45) is 1.27. The average Bonchev–Trinajstić information content (AvgIpc) is 2.66. The lowest BCUT2D eigenvalue weighted by Gasteiger charge is -2.31. The van der Waals surface area contributed by atoms with Gasteiger partial charge in [-0.25, -0.2) is 4.79 Å². The second-order valence-electron chi connectivity index (χ2n) is 6.28. The molecule has 28 heavy (non-hydrogen) atoms. The molecule has 1 aliphatic carbocycles. The fraction of sp³-hybridized carbons (Fsp3) is 0.200. The van der Waals surface area contributed by atoms with Crippen molar-refractivity contribution in [1.29, 1.82) is 0 Å². The Morgan fingerprint density at radius 1 is 0.929 bits per heavy atom. The quantitative estimate of drug-likeness (QED) is 0.616. The maximum absolute atomic E-state index is 12.0. The van der Waals surface area contributed by atoms with Crippen LogP contribution in [0.4, 0.5) is 0 Å². The van der Waals surface area contributed by atoms with Crippen molar-refractivity contribution in [2.45, 2.75) is 5.92 Å². The Hall–Kier alpha value is -3.68. The Kier molecular flexibility index (Phi) is 4.87. The van der Waals surface area contributed by atoms with Crippen LogP contribution in [-0.4, -0.2) is 46.6 Å². The lowest BCUT2D eigenvalue weighted by molar-refractivity contribution is -0.144. The molecule has 0 saturated carbocycles. The lowest BCUT2D eigenvalue weighted by atomic mass is 9.71. The second kappa shape index (κ2) is 7.15. The molecule has 0 bridgehead atoms. The summed E-state index contributed by atoms with van der Waals surface area (Å²) in [6, 6.07) is 7.11. The molecule has 3 rings (SSSR count). The first-order valence-corrected chi connectivity index (χ1v) is 8.24. The molecule has 0 saturated heterocycles. The number of carboxylic acids is 2. The number of methoxy groups -OCH3 is 2. The van der Waals surface area contributed by atoms with Gasteiger partial charge in [0.25, 0.3) is 0 Å². The Balaban J connectivity index is 2.32. The third-order valence-corrected chi connectivity index (χ3v) is 4.77. The van der Waals surface area contributed by atoms with Gasteiger partial charge in [0.05, 0.1) is 25.7 Å². The van der Waals surface area contributed by atoms with Crippen molar-refractivity contribution in [3.05, 3.63) is 52.6 Å². The van der Waals surface area contributed by atoms with Gasteiger partial charge in [-0.3, -0.25) is 4.79 Å². The molecule has 2 atom stereocenters. The first-order valence-electron chi connectivity index (χ1n) is 8.24. The van der Waals surface area contributed by atoms with Crippen LogP contribution in [0.1, 0.15) is 22.6 Å². The van der Waals surface area contributed by atoms with Crippen LogP contribution in [0.15, 0.2) is 35.9 Å². The number of carboxylic acid groups (broad SMARTS) is 2. The molecule has 2 aromatic carbocycles. The van der Waals surface area contributed by atoms with Gasteiger partial charge in [-0.1, -0.05) is 6.07 Å². The van der Waals surface area contributed by atoms with Crippen molar-refractivity contribution in [2.75, 3.05) is 14.2 Å². The number of phenolic OH excluding ortho intramolecular Hbond substituents is 2. The van der Waals surface area contributed by atoms with Crippen molar-refractivity contribution in [3.63, 3.8) is 0 Å². The third-order valence-electron chi connectivity index (χ3n) is 4.77. The lowest BCUT2D eigenvalue weighted by Crippen LogP contribution is -2.31. The normalized spacial score (nSPS) is 18.0. The molecule has 0 aliphatic heterocycles. The van der Waals surface area contributed by atoms with Gasteiger partial charge in [-0.2, -0.15) is 0 Å². The summed E-state index contributed by atoms with van der Waals surface area (Å²) in [7, 11) is 2.70. The van der Waals surface area contributed by atoms with E-state index in [4.69, 9.17) is 9.47 Å². The van der Waals surface area contributed by atoms with Gasteiger partial charge in [-0.05, 0) is 47.0 Å². The molecule has 146 valence electrons. The molecule has 0 aromatic heterocycles. The minimum absolute atomic E-state index is 0.118. The zero-order valence-electron chi connectivity index (χ0n) is 15.0. The van der Waals surface area contributed by atoms with E-state index in [9.17, 15) is 30.0 Å². The van der Waals surface area contributed by atoms with E-state index in [0.29, 0.717) is 16.7 Å². The van der Waals surface area contributed by atoms with Crippen molar-refractivity contribution in [3.8, 4) is 23.0 Å². The van der Waals surface area contributed by atoms with E-state index in [0.717, 1.165) is 0 Å². The van der Waals surface area contributed by atoms with Crippen LogP contribution < -0.4 is 9.47 Å².